The molecule has 0 rings (SSSR count). The molecule has 0 aromatic rings. The molecule has 0 aliphatic heterocycles. The van der Waals surface area contributed by atoms with Gasteiger partial charge in [0.05, 0.1) is 0 Å². The van der Waals surface area contributed by atoms with Gasteiger partial charge in [0.15, 0.2) is 0 Å². The van der Waals surface area contributed by atoms with Gasteiger partial charge in [-0.25, -0.2) is 0 Å². The lowest BCUT2D eigenvalue weighted by Crippen LogP contribution is -1.91. The molecule has 0 bridgehead atoms. The van der Waals surface area contributed by atoms with Crippen molar-refractivity contribution >= 4 is 6.29 Å². The highest BCUT2D eigenvalue weighted by Gasteiger charge is 1.93. The zero-order valence-corrected chi connectivity index (χ0v) is 8.42. The van der Waals surface area contributed by atoms with Crippen molar-refractivity contribution in [3.05, 3.63) is 12.2 Å². The predicted octanol–water partition coefficient (Wildman–Crippen LogP) is 1.81. The molecule has 2 N–H and O–H groups in total. The van der Waals surface area contributed by atoms with Crippen LogP contribution in [0.5, 0.6) is 0 Å². The van der Waals surface area contributed by atoms with E-state index in [-0.39, 0.29) is 11.2 Å². The molecule has 0 spiro atoms. The van der Waals surface area contributed by atoms with Crippen LogP contribution in [0, 0.1) is 42.4 Å². The smallest absolute Gasteiger partial charge is 0.145 e. The Bertz CT molecular complexity index is 296. The van der Waals surface area contributed by atoms with Crippen LogP contribution in [0.2, 0.25) is 0 Å². The van der Waals surface area contributed by atoms with Gasteiger partial charge in [0.1, 0.15) is 6.29 Å². The minimum atomic E-state index is 0. The van der Waals surface area contributed by atoms with Crippen LogP contribution in [0.1, 0.15) is 19.6 Å². The molecule has 0 heterocycles. The average molecular weight is 198 g/mol. The van der Waals surface area contributed by atoms with E-state index in [1.54, 1.807) is 0 Å². The molecule has 0 aromatic heterocycles. The lowest BCUT2D eigenvalue weighted by molar-refractivity contribution is -0.105. The summed E-state index contributed by atoms with van der Waals surface area (Å²) in [5.41, 5.74) is 0.667. The molecule has 0 saturated carbocycles. The fraction of sp³-hybridized carbons (Fsp3) is 0.250. The second kappa shape index (κ2) is 13.6. The molecule has 14 heavy (non-hydrogen) atoms. The number of hydrogen-bond acceptors (Lipinski definition) is 1. The molecule has 0 aliphatic rings. The third-order valence-corrected chi connectivity index (χ3v) is 1.10. The Morgan fingerprint density at radius 3 is 1.79 bits per heavy atom. The van der Waals surface area contributed by atoms with E-state index in [1.165, 1.54) is 0 Å². The first kappa shape index (κ1) is 18.0. The lowest BCUT2D eigenvalue weighted by Gasteiger charge is -1.96. The van der Waals surface area contributed by atoms with Crippen molar-refractivity contribution < 1.29 is 16.0 Å². The second-order valence-corrected chi connectivity index (χ2v) is 2.39. The van der Waals surface area contributed by atoms with E-state index in [2.05, 4.69) is 30.3 Å². The highest BCUT2D eigenvalue weighted by atomic mass is 16.1. The molecule has 2 heteroatoms. The van der Waals surface area contributed by atoms with Gasteiger partial charge in [0, 0.05) is 5.71 Å². The number of aldehydes is 1. The Morgan fingerprint density at radius 1 is 1.36 bits per heavy atom. The summed E-state index contributed by atoms with van der Waals surface area (Å²) >= 11 is 0. The van der Waals surface area contributed by atoms with Crippen molar-refractivity contribution in [2.45, 2.75) is 13.8 Å². The molecule has 0 radical (unpaired) electrons. The molecule has 2 nitrogen and oxygen atoms in total. The minimum Gasteiger partial charge on any atom is -0.412 e. The summed E-state index contributed by atoms with van der Waals surface area (Å²) in [6.07, 6.45) is 10.2. The molecule has 0 atom stereocenters. The number of carbonyl (C=O) groups is 1. The molecule has 0 unspecified atom stereocenters. The Morgan fingerprint density at radius 2 is 1.71 bits per heavy atom. The molecule has 0 aromatic carbocycles. The van der Waals surface area contributed by atoms with E-state index >= 15 is 0 Å². The summed E-state index contributed by atoms with van der Waals surface area (Å²) in [6, 6.07) is 0. The van der Waals surface area contributed by atoms with Crippen LogP contribution in [0.15, 0.2) is 12.2 Å². The van der Waals surface area contributed by atoms with E-state index < -0.39 is 0 Å². The van der Waals surface area contributed by atoms with Gasteiger partial charge in [0.25, 0.3) is 0 Å². The molecule has 82 valence electrons. The van der Waals surface area contributed by atoms with Crippen LogP contribution >= 0.6 is 0 Å². The minimum absolute atomic E-state index is 0. The first-order valence-electron chi connectivity index (χ1n) is 3.65. The first-order valence-corrected chi connectivity index (χ1v) is 3.65. The Kier molecular flexibility index (Phi) is 17.5. The molecular weight excluding hydrogens is 176 g/mol. The number of allylic oxidation sites excluding steroid dienone is 1. The van der Waals surface area contributed by atoms with Crippen LogP contribution in [-0.4, -0.2) is 11.8 Å². The molecule has 0 aliphatic carbocycles. The van der Waals surface area contributed by atoms with E-state index in [4.69, 9.17) is 12.8 Å². The van der Waals surface area contributed by atoms with Gasteiger partial charge in [-0.3, -0.25) is 4.79 Å². The van der Waals surface area contributed by atoms with Crippen LogP contribution < -0.4 is 0 Å². The molecule has 0 amide bonds. The van der Waals surface area contributed by atoms with Crippen LogP contribution in [-0.2, 0) is 4.79 Å². The summed E-state index contributed by atoms with van der Waals surface area (Å²) in [5.74, 6) is 8.91. The van der Waals surface area contributed by atoms with Gasteiger partial charge in [-0.1, -0.05) is 20.4 Å². The van der Waals surface area contributed by atoms with Crippen LogP contribution in [0.25, 0.3) is 0 Å². The van der Waals surface area contributed by atoms with Crippen molar-refractivity contribution in [1.29, 1.82) is 0 Å². The molecule has 0 fully saturated rings. The Labute approximate surface area is 91.6 Å². The standard InChI is InChI=1S/C6H10O.C6H2.H2O.4H2/c1-5(2)6(3)4-7;1-3-5-6-4-2;;;;;/h4-5H,3H2,1-2H3;1-2H;1H2;4*1H. The number of carbonyl (C=O) groups excluding carboxylic acids is 1. The van der Waals surface area contributed by atoms with Gasteiger partial charge in [-0.15, -0.1) is 12.8 Å². The van der Waals surface area contributed by atoms with Gasteiger partial charge in [-0.05, 0) is 35.2 Å². The summed E-state index contributed by atoms with van der Waals surface area (Å²) < 4.78 is 0. The zero-order chi connectivity index (χ0) is 10.7. The fourth-order valence-corrected chi connectivity index (χ4v) is 0.208. The van der Waals surface area contributed by atoms with Crippen LogP contribution in [0.4, 0.5) is 0 Å². The average Bonchev–Trinajstić information content (AvgIpc) is 2.14. The summed E-state index contributed by atoms with van der Waals surface area (Å²) in [7, 11) is 0. The van der Waals surface area contributed by atoms with Crippen molar-refractivity contribution in [1.82, 2.24) is 0 Å². The third-order valence-electron chi connectivity index (χ3n) is 1.10. The number of rotatable bonds is 2. The number of hydrogen-bond donors (Lipinski definition) is 0. The van der Waals surface area contributed by atoms with Gasteiger partial charge >= 0.3 is 0 Å². The van der Waals surface area contributed by atoms with Crippen LogP contribution in [0.3, 0.4) is 0 Å². The van der Waals surface area contributed by atoms with E-state index in [0.29, 0.717) is 11.5 Å². The maximum absolute atomic E-state index is 9.85. The van der Waals surface area contributed by atoms with Crippen molar-refractivity contribution in [3.8, 4) is 36.5 Å². The summed E-state index contributed by atoms with van der Waals surface area (Å²) in [6.45, 7) is 7.39. The Hall–Kier alpha value is -1.95. The fourth-order valence-electron chi connectivity index (χ4n) is 0.208. The summed E-state index contributed by atoms with van der Waals surface area (Å²) in [5, 5.41) is 0. The number of terminal acetylenes is 2. The largest absolute Gasteiger partial charge is 0.412 e. The van der Waals surface area contributed by atoms with E-state index in [1.807, 2.05) is 13.8 Å². The normalized spacial score (nSPS) is 5.79. The quantitative estimate of drug-likeness (QED) is 0.379. The van der Waals surface area contributed by atoms with E-state index in [0.717, 1.165) is 6.29 Å². The Balaban J connectivity index is -0.0000000212. The monoisotopic (exact) mass is 198 g/mol. The lowest BCUT2D eigenvalue weighted by atomic mass is 10.1. The third kappa shape index (κ3) is 16.6. The predicted molar refractivity (Wildman–Crippen MR) is 67.6 cm³/mol. The topological polar surface area (TPSA) is 48.6 Å². The van der Waals surface area contributed by atoms with Gasteiger partial charge < -0.3 is 5.48 Å². The van der Waals surface area contributed by atoms with Crippen molar-refractivity contribution in [2.24, 2.45) is 5.92 Å². The SMILES string of the molecule is C#CC#CC#C.C=C(C=O)C(C)C.O.[HH].[HH].[HH].[HH]. The summed E-state index contributed by atoms with van der Waals surface area (Å²) in [4.78, 5) is 9.85. The zero-order valence-electron chi connectivity index (χ0n) is 8.42. The maximum Gasteiger partial charge on any atom is 0.145 e. The van der Waals surface area contributed by atoms with Crippen molar-refractivity contribution in [2.75, 3.05) is 0 Å². The highest BCUT2D eigenvalue weighted by Crippen LogP contribution is 2.00. The highest BCUT2D eigenvalue weighted by molar-refractivity contribution is 5.72. The molecule has 0 saturated heterocycles. The van der Waals surface area contributed by atoms with Crippen molar-refractivity contribution in [3.63, 3.8) is 0 Å². The second-order valence-electron chi connectivity index (χ2n) is 2.39. The van der Waals surface area contributed by atoms with Gasteiger partial charge in [0.2, 0.25) is 0 Å². The maximum atomic E-state index is 9.85. The first-order chi connectivity index (χ1) is 6.09. The van der Waals surface area contributed by atoms with Gasteiger partial charge in [-0.2, -0.15) is 0 Å². The molecular formula is C12H22O2. The van der Waals surface area contributed by atoms with E-state index in [9.17, 15) is 4.79 Å².